The van der Waals surface area contributed by atoms with E-state index in [9.17, 15) is 4.79 Å². The molecule has 0 saturated heterocycles. The van der Waals surface area contributed by atoms with E-state index in [0.717, 1.165) is 17.5 Å². The zero-order chi connectivity index (χ0) is 8.97. The van der Waals surface area contributed by atoms with Crippen LogP contribution in [0.15, 0.2) is 18.7 Å². The van der Waals surface area contributed by atoms with E-state index >= 15 is 0 Å². The van der Waals surface area contributed by atoms with Crippen LogP contribution in [0.5, 0.6) is 0 Å². The van der Waals surface area contributed by atoms with Crippen LogP contribution < -0.4 is 0 Å². The second kappa shape index (κ2) is 3.72. The molecule has 0 saturated carbocycles. The smallest absolute Gasteiger partial charge is 0.166 e. The Morgan fingerprint density at radius 1 is 1.58 bits per heavy atom. The van der Waals surface area contributed by atoms with Crippen LogP contribution in [0.4, 0.5) is 0 Å². The van der Waals surface area contributed by atoms with E-state index in [0.29, 0.717) is 5.69 Å². The van der Waals surface area contributed by atoms with Crippen molar-refractivity contribution in [3.8, 4) is 0 Å². The topological polar surface area (TPSA) is 32.9 Å². The molecule has 0 radical (unpaired) electrons. The van der Waals surface area contributed by atoms with Crippen LogP contribution in [0, 0.1) is 0 Å². The second-order valence-electron chi connectivity index (χ2n) is 2.42. The van der Waals surface area contributed by atoms with Crippen LogP contribution >= 0.6 is 0 Å². The van der Waals surface area contributed by atoms with Crippen molar-refractivity contribution in [3.63, 3.8) is 0 Å². The van der Waals surface area contributed by atoms with E-state index in [4.69, 9.17) is 0 Å². The summed E-state index contributed by atoms with van der Waals surface area (Å²) in [7, 11) is 0. The molecule has 1 aromatic rings. The largest absolute Gasteiger partial charge is 0.352 e. The summed E-state index contributed by atoms with van der Waals surface area (Å²) >= 11 is 0. The van der Waals surface area contributed by atoms with Crippen molar-refractivity contribution < 1.29 is 4.79 Å². The fourth-order valence-electron chi connectivity index (χ4n) is 1.05. The van der Waals surface area contributed by atoms with Gasteiger partial charge in [0.05, 0.1) is 5.69 Å². The maximum atomic E-state index is 10.4. The van der Waals surface area contributed by atoms with Gasteiger partial charge in [0.2, 0.25) is 0 Å². The Bertz CT molecular complexity index is 321. The first-order valence-corrected chi connectivity index (χ1v) is 3.75. The third kappa shape index (κ3) is 1.53. The van der Waals surface area contributed by atoms with Crippen LogP contribution in [0.1, 0.15) is 28.7 Å². The number of aldehydes is 1. The summed E-state index contributed by atoms with van der Waals surface area (Å²) in [4.78, 5) is 13.4. The molecule has 0 spiro atoms. The molecule has 0 fully saturated rings. The first-order chi connectivity index (χ1) is 5.81. The Kier molecular flexibility index (Phi) is 2.64. The molecule has 0 aromatic carbocycles. The molecular formula is C10H11NO. The lowest BCUT2D eigenvalue weighted by atomic mass is 10.2. The van der Waals surface area contributed by atoms with Gasteiger partial charge in [0, 0.05) is 5.69 Å². The molecule has 0 amide bonds. The molecular weight excluding hydrogens is 150 g/mol. The first-order valence-electron chi connectivity index (χ1n) is 3.75. The van der Waals surface area contributed by atoms with Crippen molar-refractivity contribution in [1.29, 1.82) is 0 Å². The molecule has 0 unspecified atom stereocenters. The minimum Gasteiger partial charge on any atom is -0.352 e. The number of allylic oxidation sites excluding steroid dienone is 1. The van der Waals surface area contributed by atoms with Crippen molar-refractivity contribution in [1.82, 2.24) is 4.98 Å². The van der Waals surface area contributed by atoms with Crippen molar-refractivity contribution in [3.05, 3.63) is 35.7 Å². The highest BCUT2D eigenvalue weighted by Gasteiger charge is 2.00. The molecule has 1 aromatic heterocycles. The highest BCUT2D eigenvalue weighted by atomic mass is 16.1. The minimum atomic E-state index is 0.581. The molecule has 0 aliphatic rings. The molecule has 0 aliphatic heterocycles. The first kappa shape index (κ1) is 8.53. The summed E-state index contributed by atoms with van der Waals surface area (Å²) < 4.78 is 0. The predicted molar refractivity (Wildman–Crippen MR) is 51.0 cm³/mol. The zero-order valence-corrected chi connectivity index (χ0v) is 7.00. The van der Waals surface area contributed by atoms with Crippen molar-refractivity contribution >= 4 is 18.4 Å². The number of hydrogen-bond acceptors (Lipinski definition) is 1. The molecule has 1 rings (SSSR count). The number of aromatic nitrogens is 1. The number of H-pyrrole nitrogens is 1. The summed E-state index contributed by atoms with van der Waals surface area (Å²) in [6.07, 6.45) is 6.33. The van der Waals surface area contributed by atoms with E-state index in [2.05, 4.69) is 11.6 Å². The monoisotopic (exact) mass is 161 g/mol. The standard InChI is InChI=1S/C10H11NO/c1-3-5-10-8(4-2)6-9(7-12)11-10/h3-7,11H,2H2,1H3/b5-3-. The average Bonchev–Trinajstić information content (AvgIpc) is 2.48. The Balaban J connectivity index is 3.15. The normalized spacial score (nSPS) is 10.4. The van der Waals surface area contributed by atoms with E-state index in [1.807, 2.05) is 19.1 Å². The number of rotatable bonds is 3. The van der Waals surface area contributed by atoms with Crippen LogP contribution in [-0.2, 0) is 0 Å². The summed E-state index contributed by atoms with van der Waals surface area (Å²) in [6, 6.07) is 1.77. The van der Waals surface area contributed by atoms with Gasteiger partial charge < -0.3 is 4.98 Å². The van der Waals surface area contributed by atoms with Crippen LogP contribution in [-0.4, -0.2) is 11.3 Å². The summed E-state index contributed by atoms with van der Waals surface area (Å²) in [5, 5.41) is 0. The summed E-state index contributed by atoms with van der Waals surface area (Å²) in [6.45, 7) is 5.58. The van der Waals surface area contributed by atoms with Crippen molar-refractivity contribution in [2.75, 3.05) is 0 Å². The number of nitrogens with one attached hydrogen (secondary N) is 1. The lowest BCUT2D eigenvalue weighted by Crippen LogP contribution is -1.77. The fraction of sp³-hybridized carbons (Fsp3) is 0.100. The average molecular weight is 161 g/mol. The van der Waals surface area contributed by atoms with Crippen molar-refractivity contribution in [2.45, 2.75) is 6.92 Å². The van der Waals surface area contributed by atoms with E-state index in [1.165, 1.54) is 0 Å². The van der Waals surface area contributed by atoms with Gasteiger partial charge in [0.25, 0.3) is 0 Å². The highest BCUT2D eigenvalue weighted by molar-refractivity contribution is 5.77. The van der Waals surface area contributed by atoms with E-state index in [1.54, 1.807) is 12.1 Å². The Morgan fingerprint density at radius 3 is 2.83 bits per heavy atom. The minimum absolute atomic E-state index is 0.581. The molecule has 0 aliphatic carbocycles. The van der Waals surface area contributed by atoms with Gasteiger partial charge in [-0.1, -0.05) is 18.7 Å². The van der Waals surface area contributed by atoms with Gasteiger partial charge in [-0.3, -0.25) is 4.79 Å². The van der Waals surface area contributed by atoms with Gasteiger partial charge in [-0.25, -0.2) is 0 Å². The highest BCUT2D eigenvalue weighted by Crippen LogP contribution is 2.12. The molecule has 2 nitrogen and oxygen atoms in total. The SMILES string of the molecule is C=Cc1cc(C=O)[nH]c1/C=C\C. The van der Waals surface area contributed by atoms with Gasteiger partial charge in [0.15, 0.2) is 6.29 Å². The molecule has 0 bridgehead atoms. The van der Waals surface area contributed by atoms with Gasteiger partial charge in [-0.2, -0.15) is 0 Å². The molecule has 1 N–H and O–H groups in total. The zero-order valence-electron chi connectivity index (χ0n) is 7.00. The quantitative estimate of drug-likeness (QED) is 0.679. The summed E-state index contributed by atoms with van der Waals surface area (Å²) in [5.41, 5.74) is 2.46. The van der Waals surface area contributed by atoms with Gasteiger partial charge >= 0.3 is 0 Å². The Labute approximate surface area is 71.6 Å². The lowest BCUT2D eigenvalue weighted by Gasteiger charge is -1.88. The molecule has 1 heterocycles. The second-order valence-corrected chi connectivity index (χ2v) is 2.42. The predicted octanol–water partition coefficient (Wildman–Crippen LogP) is 2.50. The van der Waals surface area contributed by atoms with Crippen molar-refractivity contribution in [2.24, 2.45) is 0 Å². The number of carbonyl (C=O) groups excluding carboxylic acids is 1. The van der Waals surface area contributed by atoms with Gasteiger partial charge in [-0.15, -0.1) is 0 Å². The Hall–Kier alpha value is -1.57. The molecule has 12 heavy (non-hydrogen) atoms. The number of hydrogen-bond donors (Lipinski definition) is 1. The van der Waals surface area contributed by atoms with Crippen LogP contribution in [0.25, 0.3) is 12.2 Å². The summed E-state index contributed by atoms with van der Waals surface area (Å²) in [5.74, 6) is 0. The fourth-order valence-corrected chi connectivity index (χ4v) is 1.05. The number of aromatic amines is 1. The van der Waals surface area contributed by atoms with E-state index in [-0.39, 0.29) is 0 Å². The van der Waals surface area contributed by atoms with E-state index < -0.39 is 0 Å². The van der Waals surface area contributed by atoms with Crippen LogP contribution in [0.2, 0.25) is 0 Å². The third-order valence-electron chi connectivity index (χ3n) is 1.58. The number of carbonyl (C=O) groups is 1. The van der Waals surface area contributed by atoms with Gasteiger partial charge in [-0.05, 0) is 24.6 Å². The third-order valence-corrected chi connectivity index (χ3v) is 1.58. The maximum absolute atomic E-state index is 10.4. The molecule has 2 heteroatoms. The lowest BCUT2D eigenvalue weighted by molar-refractivity contribution is 0.111. The maximum Gasteiger partial charge on any atom is 0.166 e. The Morgan fingerprint density at radius 2 is 2.33 bits per heavy atom. The van der Waals surface area contributed by atoms with Gasteiger partial charge in [0.1, 0.15) is 0 Å². The molecule has 62 valence electrons. The molecule has 0 atom stereocenters. The van der Waals surface area contributed by atoms with Crippen LogP contribution in [0.3, 0.4) is 0 Å².